The molecule has 1 aromatic carbocycles. The van der Waals surface area contributed by atoms with Gasteiger partial charge in [-0.05, 0) is 49.3 Å². The van der Waals surface area contributed by atoms with Gasteiger partial charge in [0.05, 0.1) is 17.7 Å². The Hall–Kier alpha value is -3.16. The van der Waals surface area contributed by atoms with Crippen molar-refractivity contribution in [2.45, 2.75) is 37.7 Å². The zero-order chi connectivity index (χ0) is 26.7. The van der Waals surface area contributed by atoms with E-state index >= 15 is 0 Å². The molecule has 3 N–H and O–H groups in total. The van der Waals surface area contributed by atoms with E-state index in [1.807, 2.05) is 12.1 Å². The molecule has 1 aliphatic heterocycles. The van der Waals surface area contributed by atoms with Crippen LogP contribution in [0.25, 0.3) is 10.9 Å². The van der Waals surface area contributed by atoms with Crippen LogP contribution in [0.4, 0.5) is 19.2 Å². The number of pyridine rings is 1. The Morgan fingerprint density at radius 1 is 1.21 bits per heavy atom. The van der Waals surface area contributed by atoms with Crippen molar-refractivity contribution in [1.82, 2.24) is 25.8 Å². The quantitative estimate of drug-likeness (QED) is 0.339. The number of fused-ring (bicyclic) bond motifs is 2. The highest BCUT2D eigenvalue weighted by atomic mass is 35.5. The van der Waals surface area contributed by atoms with Gasteiger partial charge in [0.1, 0.15) is 6.61 Å². The van der Waals surface area contributed by atoms with Gasteiger partial charge in [-0.25, -0.2) is 0 Å². The van der Waals surface area contributed by atoms with Crippen LogP contribution in [0.3, 0.4) is 0 Å². The zero-order valence-electron chi connectivity index (χ0n) is 20.1. The normalized spacial score (nSPS) is 23.3. The van der Waals surface area contributed by atoms with Crippen molar-refractivity contribution in [2.75, 3.05) is 31.6 Å². The summed E-state index contributed by atoms with van der Waals surface area (Å²) in [5.41, 5.74) is 1.23. The summed E-state index contributed by atoms with van der Waals surface area (Å²) in [7, 11) is 0. The summed E-state index contributed by atoms with van der Waals surface area (Å²) in [4.78, 5) is 17.4. The lowest BCUT2D eigenvalue weighted by Crippen LogP contribution is -2.49. The van der Waals surface area contributed by atoms with E-state index in [4.69, 9.17) is 20.8 Å². The Morgan fingerprint density at radius 2 is 2.08 bits per heavy atom. The summed E-state index contributed by atoms with van der Waals surface area (Å²) in [6.07, 6.45) is -0.388. The third-order valence-electron chi connectivity index (χ3n) is 6.71. The van der Waals surface area contributed by atoms with E-state index in [9.17, 15) is 18.0 Å². The number of carbonyl (C=O) groups is 1. The molecule has 2 aliphatic rings. The van der Waals surface area contributed by atoms with E-state index < -0.39 is 13.0 Å². The lowest BCUT2D eigenvalue weighted by molar-refractivity contribution is -0.325. The lowest BCUT2D eigenvalue weighted by Gasteiger charge is -2.27. The van der Waals surface area contributed by atoms with Crippen LogP contribution in [0, 0.1) is 11.8 Å². The predicted octanol–water partition coefficient (Wildman–Crippen LogP) is 3.79. The highest BCUT2D eigenvalue weighted by Gasteiger charge is 2.44. The van der Waals surface area contributed by atoms with Gasteiger partial charge in [0.2, 0.25) is 0 Å². The second-order valence-corrected chi connectivity index (χ2v) is 9.82. The number of carbonyl (C=O) groups excluding carboxylic acids is 1. The fourth-order valence-electron chi connectivity index (χ4n) is 4.70. The van der Waals surface area contributed by atoms with Crippen molar-refractivity contribution >= 4 is 34.4 Å². The molecule has 0 radical (unpaired) electrons. The minimum atomic E-state index is -4.72. The van der Waals surface area contributed by atoms with Crippen molar-refractivity contribution < 1.29 is 31.9 Å². The number of anilines is 1. The maximum Gasteiger partial charge on any atom is 0.522 e. The van der Waals surface area contributed by atoms with E-state index in [0.717, 1.165) is 30.2 Å². The van der Waals surface area contributed by atoms with Gasteiger partial charge in [0, 0.05) is 41.8 Å². The predicted molar refractivity (Wildman–Crippen MR) is 131 cm³/mol. The highest BCUT2D eigenvalue weighted by molar-refractivity contribution is 6.31. The average Bonchev–Trinajstić information content (AvgIpc) is 3.49. The summed E-state index contributed by atoms with van der Waals surface area (Å²) in [5, 5.41) is 18.6. The molecule has 4 atom stereocenters. The van der Waals surface area contributed by atoms with Gasteiger partial charge in [-0.15, -0.1) is 13.2 Å². The first-order chi connectivity index (χ1) is 18.2. The summed E-state index contributed by atoms with van der Waals surface area (Å²) in [6, 6.07) is 7.35. The van der Waals surface area contributed by atoms with E-state index in [2.05, 4.69) is 35.9 Å². The van der Waals surface area contributed by atoms with Crippen LogP contribution in [-0.2, 0) is 4.74 Å². The fraction of sp³-hybridized carbons (Fsp3) is 0.500. The molecule has 3 heterocycles. The van der Waals surface area contributed by atoms with Crippen molar-refractivity contribution in [1.29, 1.82) is 0 Å². The maximum absolute atomic E-state index is 13.0. The number of alkyl halides is 3. The Balaban J connectivity index is 1.10. The second-order valence-electron chi connectivity index (χ2n) is 9.38. The first kappa shape index (κ1) is 26.4. The molecule has 1 aliphatic carbocycles. The standard InChI is InChI=1S/C24H26ClF3N6O4/c25-16-3-1-14-7-15(10-30-19(14)9-16)21(35)32-20-12-29-17(4-2-13-8-18(13)20)11-31-22-33-34-23(38-22)36-5-6-37-24(26,27)28/h1,3,7,9-10,13,17-18,20,29H,2,4-6,8,11-12H2,(H,31,33)(H,32,35)/t13?,17?,18?,20-/m1/s1. The molecule has 14 heteroatoms. The Labute approximate surface area is 220 Å². The number of amides is 1. The molecule has 1 amide bonds. The number of halogens is 4. The Morgan fingerprint density at radius 3 is 2.92 bits per heavy atom. The van der Waals surface area contributed by atoms with Gasteiger partial charge < -0.3 is 25.1 Å². The number of hydrogen-bond donors (Lipinski definition) is 3. The zero-order valence-corrected chi connectivity index (χ0v) is 20.9. The van der Waals surface area contributed by atoms with Gasteiger partial charge in [-0.2, -0.15) is 0 Å². The van der Waals surface area contributed by atoms with Gasteiger partial charge in [-0.1, -0.05) is 27.9 Å². The number of aromatic nitrogens is 3. The average molecular weight is 555 g/mol. The van der Waals surface area contributed by atoms with E-state index in [1.165, 1.54) is 0 Å². The Bertz CT molecular complexity index is 1280. The van der Waals surface area contributed by atoms with Crippen LogP contribution in [-0.4, -0.2) is 65.8 Å². The molecule has 3 aromatic rings. The topological polar surface area (TPSA) is 123 Å². The third kappa shape index (κ3) is 7.03. The van der Waals surface area contributed by atoms with Crippen molar-refractivity contribution in [3.63, 3.8) is 0 Å². The smallest absolute Gasteiger partial charge is 0.447 e. The molecule has 0 bridgehead atoms. The second kappa shape index (κ2) is 11.3. The van der Waals surface area contributed by atoms with Gasteiger partial charge in [-0.3, -0.25) is 14.5 Å². The first-order valence-corrected chi connectivity index (χ1v) is 12.6. The molecule has 3 unspecified atom stereocenters. The molecule has 1 saturated heterocycles. The van der Waals surface area contributed by atoms with Crippen LogP contribution in [0.5, 0.6) is 6.08 Å². The van der Waals surface area contributed by atoms with Gasteiger partial charge >= 0.3 is 18.5 Å². The van der Waals surface area contributed by atoms with Crippen LogP contribution >= 0.6 is 11.6 Å². The summed E-state index contributed by atoms with van der Waals surface area (Å²) in [5.74, 6) is 0.828. The molecular weight excluding hydrogens is 529 g/mol. The number of nitrogens with zero attached hydrogens (tertiary/aromatic N) is 3. The van der Waals surface area contributed by atoms with E-state index in [0.29, 0.717) is 35.5 Å². The monoisotopic (exact) mass is 554 g/mol. The molecule has 2 aromatic heterocycles. The SMILES string of the molecule is O=C(N[C@@H]1CNC(CNc2nnc(OCCOC(F)(F)F)o2)CCC2CC21)c1cnc2cc(Cl)ccc2c1. The fourth-order valence-corrected chi connectivity index (χ4v) is 4.86. The lowest BCUT2D eigenvalue weighted by atomic mass is 10.0. The molecule has 1 saturated carbocycles. The van der Waals surface area contributed by atoms with Crippen LogP contribution < -0.4 is 20.7 Å². The molecule has 5 rings (SSSR count). The molecule has 0 spiro atoms. The summed E-state index contributed by atoms with van der Waals surface area (Å²) >= 11 is 6.02. The van der Waals surface area contributed by atoms with Crippen LogP contribution in [0.15, 0.2) is 34.9 Å². The minimum Gasteiger partial charge on any atom is -0.447 e. The molecule has 10 nitrogen and oxygen atoms in total. The maximum atomic E-state index is 13.0. The van der Waals surface area contributed by atoms with Crippen molar-refractivity contribution in [3.8, 4) is 6.08 Å². The number of nitrogens with one attached hydrogen (secondary N) is 3. The van der Waals surface area contributed by atoms with Gasteiger partial charge in [0.25, 0.3) is 5.91 Å². The Kier molecular flexibility index (Phi) is 7.86. The summed E-state index contributed by atoms with van der Waals surface area (Å²) in [6.45, 7) is 0.0126. The van der Waals surface area contributed by atoms with Crippen LogP contribution in [0.1, 0.15) is 29.6 Å². The van der Waals surface area contributed by atoms with E-state index in [1.54, 1.807) is 18.3 Å². The molecule has 204 valence electrons. The van der Waals surface area contributed by atoms with Crippen molar-refractivity contribution in [2.24, 2.45) is 11.8 Å². The molecular formula is C24H26ClF3N6O4. The van der Waals surface area contributed by atoms with Crippen LogP contribution in [0.2, 0.25) is 5.02 Å². The molecule has 38 heavy (non-hydrogen) atoms. The summed E-state index contributed by atoms with van der Waals surface area (Å²) < 4.78 is 49.9. The number of benzene rings is 1. The number of ether oxygens (including phenoxy) is 2. The number of rotatable bonds is 9. The largest absolute Gasteiger partial charge is 0.522 e. The third-order valence-corrected chi connectivity index (χ3v) is 6.95. The van der Waals surface area contributed by atoms with Gasteiger partial charge in [0.15, 0.2) is 0 Å². The van der Waals surface area contributed by atoms with E-state index in [-0.39, 0.29) is 36.7 Å². The number of hydrogen-bond acceptors (Lipinski definition) is 9. The van der Waals surface area contributed by atoms with Crippen molar-refractivity contribution in [3.05, 3.63) is 41.0 Å². The first-order valence-electron chi connectivity index (χ1n) is 12.2. The minimum absolute atomic E-state index is 0.0152. The molecule has 2 fully saturated rings. The highest BCUT2D eigenvalue weighted by Crippen LogP contribution is 2.45.